The molecule has 0 saturated carbocycles. The molecule has 0 aliphatic carbocycles. The Bertz CT molecular complexity index is 509. The number of aryl methyl sites for hydroxylation is 1. The molecule has 0 amide bonds. The highest BCUT2D eigenvalue weighted by atomic mass is 79.9. The second-order valence-corrected chi connectivity index (χ2v) is 6.30. The van der Waals surface area contributed by atoms with Crippen molar-refractivity contribution >= 4 is 27.3 Å². The van der Waals surface area contributed by atoms with E-state index in [-0.39, 0.29) is 6.04 Å². The maximum absolute atomic E-state index is 6.13. The summed E-state index contributed by atoms with van der Waals surface area (Å²) in [5.41, 5.74) is 6.99. The number of nitrogens with zero attached hydrogens (tertiary/aromatic N) is 2. The lowest BCUT2D eigenvalue weighted by Gasteiger charge is -2.05. The lowest BCUT2D eigenvalue weighted by Crippen LogP contribution is -2.13. The van der Waals surface area contributed by atoms with E-state index in [4.69, 9.17) is 10.5 Å². The van der Waals surface area contributed by atoms with E-state index in [1.807, 2.05) is 19.2 Å². The zero-order valence-electron chi connectivity index (χ0n) is 9.68. The average molecular weight is 316 g/mol. The lowest BCUT2D eigenvalue weighted by atomic mass is 10.1. The van der Waals surface area contributed by atoms with Gasteiger partial charge in [0, 0.05) is 24.4 Å². The monoisotopic (exact) mass is 315 g/mol. The van der Waals surface area contributed by atoms with E-state index in [0.717, 1.165) is 21.8 Å². The first-order chi connectivity index (χ1) is 8.10. The molecule has 0 aromatic carbocycles. The number of methoxy groups -OCH3 is 1. The number of nitrogens with two attached hydrogens (primary N) is 1. The van der Waals surface area contributed by atoms with Gasteiger partial charge in [-0.05, 0) is 28.1 Å². The highest BCUT2D eigenvalue weighted by molar-refractivity contribution is 9.11. The number of thiophene rings is 1. The van der Waals surface area contributed by atoms with E-state index in [1.54, 1.807) is 23.1 Å². The second-order valence-electron chi connectivity index (χ2n) is 3.75. The maximum Gasteiger partial charge on any atom is 0.211 e. The summed E-state index contributed by atoms with van der Waals surface area (Å²) < 4.78 is 7.99. The first-order valence-corrected chi connectivity index (χ1v) is 6.79. The smallest absolute Gasteiger partial charge is 0.211 e. The normalized spacial score (nSPS) is 12.7. The van der Waals surface area contributed by atoms with Crippen molar-refractivity contribution < 1.29 is 4.74 Å². The van der Waals surface area contributed by atoms with E-state index in [0.29, 0.717) is 0 Å². The molecule has 2 N–H and O–H groups in total. The minimum atomic E-state index is -0.101. The van der Waals surface area contributed by atoms with Crippen LogP contribution in [0.25, 0.3) is 0 Å². The Morgan fingerprint density at radius 2 is 2.35 bits per heavy atom. The maximum atomic E-state index is 6.13. The van der Waals surface area contributed by atoms with E-state index in [2.05, 4.69) is 27.1 Å². The molecule has 1 unspecified atom stereocenters. The van der Waals surface area contributed by atoms with Crippen LogP contribution in [0.4, 0.5) is 0 Å². The molecular formula is C11H14BrN3OS. The molecule has 1 atom stereocenters. The number of rotatable bonds is 4. The van der Waals surface area contributed by atoms with E-state index in [9.17, 15) is 0 Å². The highest BCUT2D eigenvalue weighted by Gasteiger charge is 2.14. The Kier molecular flexibility index (Phi) is 3.86. The number of hydrogen-bond acceptors (Lipinski definition) is 4. The van der Waals surface area contributed by atoms with Crippen LogP contribution in [-0.4, -0.2) is 16.9 Å². The van der Waals surface area contributed by atoms with Crippen LogP contribution in [0, 0.1) is 0 Å². The summed E-state index contributed by atoms with van der Waals surface area (Å²) in [5.74, 6) is 0.725. The van der Waals surface area contributed by atoms with Gasteiger partial charge in [0.15, 0.2) is 0 Å². The molecule has 0 bridgehead atoms. The van der Waals surface area contributed by atoms with Gasteiger partial charge in [0.1, 0.15) is 0 Å². The summed E-state index contributed by atoms with van der Waals surface area (Å²) in [5, 5.41) is 4.34. The molecule has 2 aromatic heterocycles. The zero-order chi connectivity index (χ0) is 12.4. The van der Waals surface area contributed by atoms with Crippen molar-refractivity contribution in [2.75, 3.05) is 7.11 Å². The fourth-order valence-electron chi connectivity index (χ4n) is 1.63. The minimum Gasteiger partial charge on any atom is -0.481 e. The molecule has 92 valence electrons. The predicted octanol–water partition coefficient (Wildman–Crippen LogP) is 2.50. The van der Waals surface area contributed by atoms with Crippen LogP contribution in [-0.2, 0) is 13.5 Å². The van der Waals surface area contributed by atoms with Gasteiger partial charge in [0.2, 0.25) is 5.88 Å². The van der Waals surface area contributed by atoms with Crippen molar-refractivity contribution in [2.45, 2.75) is 12.5 Å². The molecule has 2 aromatic rings. The Labute approximate surface area is 113 Å². The number of halogens is 1. The first-order valence-electron chi connectivity index (χ1n) is 5.18. The van der Waals surface area contributed by atoms with Gasteiger partial charge in [0.25, 0.3) is 0 Å². The van der Waals surface area contributed by atoms with Crippen LogP contribution in [0.5, 0.6) is 5.88 Å². The minimum absolute atomic E-state index is 0.101. The van der Waals surface area contributed by atoms with Crippen molar-refractivity contribution in [3.05, 3.63) is 32.6 Å². The summed E-state index contributed by atoms with van der Waals surface area (Å²) in [7, 11) is 3.47. The third-order valence-electron chi connectivity index (χ3n) is 2.49. The third kappa shape index (κ3) is 2.88. The molecule has 0 radical (unpaired) electrons. The van der Waals surface area contributed by atoms with Crippen LogP contribution >= 0.6 is 27.3 Å². The lowest BCUT2D eigenvalue weighted by molar-refractivity contribution is 0.373. The van der Waals surface area contributed by atoms with Crippen LogP contribution in [0.2, 0.25) is 0 Å². The molecule has 2 heterocycles. The number of aromatic nitrogens is 2. The molecule has 0 aliphatic heterocycles. The Morgan fingerprint density at radius 1 is 1.59 bits per heavy atom. The Balaban J connectivity index is 2.11. The van der Waals surface area contributed by atoms with Gasteiger partial charge in [-0.25, -0.2) is 4.68 Å². The summed E-state index contributed by atoms with van der Waals surface area (Å²) >= 11 is 5.14. The second kappa shape index (κ2) is 5.20. The fourth-order valence-corrected chi connectivity index (χ4v) is 3.17. The molecule has 0 aliphatic rings. The zero-order valence-corrected chi connectivity index (χ0v) is 12.1. The molecule has 2 rings (SSSR count). The quantitative estimate of drug-likeness (QED) is 0.943. The summed E-state index contributed by atoms with van der Waals surface area (Å²) in [6.07, 6.45) is 0.788. The molecule has 0 fully saturated rings. The Morgan fingerprint density at radius 3 is 2.88 bits per heavy atom. The van der Waals surface area contributed by atoms with Crippen molar-refractivity contribution in [2.24, 2.45) is 12.8 Å². The molecule has 4 nitrogen and oxygen atoms in total. The van der Waals surface area contributed by atoms with Crippen LogP contribution < -0.4 is 10.5 Å². The highest BCUT2D eigenvalue weighted by Crippen LogP contribution is 2.26. The standard InChI is InChI=1S/C11H14BrN3OS/c1-15-11(16-2)6-9(14-15)8(13)5-7-3-4-10(12)17-7/h3-4,6,8H,5,13H2,1-2H3. The van der Waals surface area contributed by atoms with E-state index in [1.165, 1.54) is 4.88 Å². The van der Waals surface area contributed by atoms with Crippen LogP contribution in [0.3, 0.4) is 0 Å². The summed E-state index contributed by atoms with van der Waals surface area (Å²) in [4.78, 5) is 1.24. The SMILES string of the molecule is COc1cc(C(N)Cc2ccc(Br)s2)nn1C. The van der Waals surface area contributed by atoms with Crippen molar-refractivity contribution in [1.29, 1.82) is 0 Å². The topological polar surface area (TPSA) is 53.1 Å². The van der Waals surface area contributed by atoms with E-state index >= 15 is 0 Å². The molecule has 6 heteroatoms. The Hall–Kier alpha value is -0.850. The van der Waals surface area contributed by atoms with Gasteiger partial charge in [0.05, 0.1) is 22.6 Å². The van der Waals surface area contributed by atoms with Crippen LogP contribution in [0.15, 0.2) is 22.0 Å². The van der Waals surface area contributed by atoms with Crippen molar-refractivity contribution in [3.63, 3.8) is 0 Å². The van der Waals surface area contributed by atoms with Crippen molar-refractivity contribution in [3.8, 4) is 5.88 Å². The molecular weight excluding hydrogens is 302 g/mol. The largest absolute Gasteiger partial charge is 0.481 e. The summed E-state index contributed by atoms with van der Waals surface area (Å²) in [6, 6.07) is 5.89. The van der Waals surface area contributed by atoms with Crippen molar-refractivity contribution in [1.82, 2.24) is 9.78 Å². The molecule has 0 saturated heterocycles. The predicted molar refractivity (Wildman–Crippen MR) is 72.4 cm³/mol. The number of ether oxygens (including phenoxy) is 1. The van der Waals surface area contributed by atoms with E-state index < -0.39 is 0 Å². The van der Waals surface area contributed by atoms with Gasteiger partial charge < -0.3 is 10.5 Å². The van der Waals surface area contributed by atoms with Gasteiger partial charge in [-0.15, -0.1) is 11.3 Å². The summed E-state index contributed by atoms with van der Waals surface area (Å²) in [6.45, 7) is 0. The van der Waals surface area contributed by atoms with Crippen LogP contribution in [0.1, 0.15) is 16.6 Å². The number of hydrogen-bond donors (Lipinski definition) is 1. The fraction of sp³-hybridized carbons (Fsp3) is 0.364. The third-order valence-corrected chi connectivity index (χ3v) is 4.14. The first kappa shape index (κ1) is 12.6. The van der Waals surface area contributed by atoms with Gasteiger partial charge in [-0.3, -0.25) is 0 Å². The molecule has 0 spiro atoms. The molecule has 17 heavy (non-hydrogen) atoms. The average Bonchev–Trinajstić information content (AvgIpc) is 2.85. The van der Waals surface area contributed by atoms with Gasteiger partial charge in [-0.1, -0.05) is 0 Å². The van der Waals surface area contributed by atoms with Gasteiger partial charge in [-0.2, -0.15) is 5.10 Å². The van der Waals surface area contributed by atoms with Gasteiger partial charge >= 0.3 is 0 Å².